The predicted octanol–water partition coefficient (Wildman–Crippen LogP) is 1.24. The van der Waals surface area contributed by atoms with Crippen LogP contribution in [0.15, 0.2) is 6.20 Å². The Morgan fingerprint density at radius 1 is 1.38 bits per heavy atom. The van der Waals surface area contributed by atoms with Gasteiger partial charge in [-0.05, 0) is 12.8 Å². The highest BCUT2D eigenvalue weighted by molar-refractivity contribution is 4.95. The van der Waals surface area contributed by atoms with Gasteiger partial charge in [0, 0.05) is 6.54 Å². The molecule has 2 rings (SSSR count). The van der Waals surface area contributed by atoms with E-state index in [4.69, 9.17) is 5.73 Å². The minimum absolute atomic E-state index is 0.545. The molecule has 13 heavy (non-hydrogen) atoms. The topological polar surface area (TPSA) is 56.7 Å². The molecule has 0 atom stereocenters. The van der Waals surface area contributed by atoms with Crippen molar-refractivity contribution in [1.29, 1.82) is 0 Å². The van der Waals surface area contributed by atoms with Crippen LogP contribution in [-0.4, -0.2) is 15.0 Å². The molecule has 1 aromatic rings. The molecule has 0 unspecified atom stereocenters. The quantitative estimate of drug-likeness (QED) is 0.745. The lowest BCUT2D eigenvalue weighted by Crippen LogP contribution is -2.18. The van der Waals surface area contributed by atoms with Crippen molar-refractivity contribution < 1.29 is 0 Å². The highest BCUT2D eigenvalue weighted by atomic mass is 15.4. The molecule has 0 aromatic carbocycles. The highest BCUT2D eigenvalue weighted by Crippen LogP contribution is 2.27. The molecular formula is C9H16N4. The van der Waals surface area contributed by atoms with Crippen LogP contribution in [0, 0.1) is 0 Å². The van der Waals surface area contributed by atoms with Gasteiger partial charge in [-0.3, -0.25) is 0 Å². The van der Waals surface area contributed by atoms with Gasteiger partial charge < -0.3 is 5.73 Å². The predicted molar refractivity (Wildman–Crippen MR) is 50.0 cm³/mol. The van der Waals surface area contributed by atoms with Gasteiger partial charge in [0.2, 0.25) is 0 Å². The minimum Gasteiger partial charge on any atom is -0.325 e. The maximum Gasteiger partial charge on any atom is 0.0738 e. The Kier molecular flexibility index (Phi) is 2.59. The molecule has 1 aromatic heterocycles. The fourth-order valence-corrected chi connectivity index (χ4v) is 2.04. The SMILES string of the molecule is NCc1cnnn1C1CCCCC1. The Labute approximate surface area is 78.1 Å². The lowest BCUT2D eigenvalue weighted by atomic mass is 9.95. The summed E-state index contributed by atoms with van der Waals surface area (Å²) in [5.41, 5.74) is 6.66. The number of aromatic nitrogens is 3. The lowest BCUT2D eigenvalue weighted by molar-refractivity contribution is 0.317. The van der Waals surface area contributed by atoms with Crippen molar-refractivity contribution in [2.24, 2.45) is 5.73 Å². The van der Waals surface area contributed by atoms with Gasteiger partial charge in [-0.25, -0.2) is 4.68 Å². The van der Waals surface area contributed by atoms with E-state index in [0.29, 0.717) is 12.6 Å². The van der Waals surface area contributed by atoms with Gasteiger partial charge in [0.05, 0.1) is 17.9 Å². The zero-order valence-electron chi connectivity index (χ0n) is 7.82. The molecule has 0 radical (unpaired) electrons. The normalized spacial score (nSPS) is 19.2. The first-order valence-electron chi connectivity index (χ1n) is 5.01. The fourth-order valence-electron chi connectivity index (χ4n) is 2.04. The van der Waals surface area contributed by atoms with Gasteiger partial charge in [-0.2, -0.15) is 0 Å². The second-order valence-corrected chi connectivity index (χ2v) is 3.67. The van der Waals surface area contributed by atoms with Gasteiger partial charge in [0.15, 0.2) is 0 Å². The van der Waals surface area contributed by atoms with Gasteiger partial charge in [0.1, 0.15) is 0 Å². The van der Waals surface area contributed by atoms with E-state index in [1.165, 1.54) is 32.1 Å². The number of rotatable bonds is 2. The Hall–Kier alpha value is -0.900. The summed E-state index contributed by atoms with van der Waals surface area (Å²) in [5, 5.41) is 8.00. The fraction of sp³-hybridized carbons (Fsp3) is 0.778. The monoisotopic (exact) mass is 180 g/mol. The van der Waals surface area contributed by atoms with Gasteiger partial charge in [0.25, 0.3) is 0 Å². The summed E-state index contributed by atoms with van der Waals surface area (Å²) in [6.07, 6.45) is 8.23. The van der Waals surface area contributed by atoms with Gasteiger partial charge in [-0.15, -0.1) is 5.10 Å². The van der Waals surface area contributed by atoms with E-state index in [0.717, 1.165) is 5.69 Å². The molecule has 4 nitrogen and oxygen atoms in total. The molecule has 0 aliphatic heterocycles. The van der Waals surface area contributed by atoms with Crippen molar-refractivity contribution in [3.63, 3.8) is 0 Å². The van der Waals surface area contributed by atoms with Gasteiger partial charge in [-0.1, -0.05) is 24.5 Å². The van der Waals surface area contributed by atoms with Crippen LogP contribution in [0.2, 0.25) is 0 Å². The Morgan fingerprint density at radius 2 is 2.15 bits per heavy atom. The summed E-state index contributed by atoms with van der Waals surface area (Å²) in [6.45, 7) is 0.545. The van der Waals surface area contributed by atoms with E-state index in [-0.39, 0.29) is 0 Å². The summed E-state index contributed by atoms with van der Waals surface area (Å²) in [6, 6.07) is 0.551. The van der Waals surface area contributed by atoms with Crippen molar-refractivity contribution in [3.8, 4) is 0 Å². The van der Waals surface area contributed by atoms with Crippen LogP contribution in [0.5, 0.6) is 0 Å². The van der Waals surface area contributed by atoms with Crippen molar-refractivity contribution in [2.75, 3.05) is 0 Å². The second kappa shape index (κ2) is 3.87. The minimum atomic E-state index is 0.545. The molecule has 0 bridgehead atoms. The molecule has 1 fully saturated rings. The summed E-state index contributed by atoms with van der Waals surface area (Å²) >= 11 is 0. The first-order chi connectivity index (χ1) is 6.42. The van der Waals surface area contributed by atoms with Crippen molar-refractivity contribution in [2.45, 2.75) is 44.7 Å². The molecule has 1 heterocycles. The van der Waals surface area contributed by atoms with Crippen LogP contribution in [-0.2, 0) is 6.54 Å². The molecule has 1 saturated carbocycles. The number of nitrogens with zero attached hydrogens (tertiary/aromatic N) is 3. The largest absolute Gasteiger partial charge is 0.325 e. The third-order valence-corrected chi connectivity index (χ3v) is 2.78. The highest BCUT2D eigenvalue weighted by Gasteiger charge is 2.17. The Bertz CT molecular complexity index is 262. The molecular weight excluding hydrogens is 164 g/mol. The molecule has 1 aliphatic rings. The molecule has 0 amide bonds. The van der Waals surface area contributed by atoms with Crippen LogP contribution < -0.4 is 5.73 Å². The van der Waals surface area contributed by atoms with E-state index >= 15 is 0 Å². The molecule has 4 heteroatoms. The molecule has 1 aliphatic carbocycles. The third-order valence-electron chi connectivity index (χ3n) is 2.78. The summed E-state index contributed by atoms with van der Waals surface area (Å²) in [5.74, 6) is 0. The maximum absolute atomic E-state index is 5.60. The van der Waals surface area contributed by atoms with Crippen molar-refractivity contribution >= 4 is 0 Å². The first kappa shape index (κ1) is 8.69. The van der Waals surface area contributed by atoms with Crippen LogP contribution in [0.3, 0.4) is 0 Å². The average molecular weight is 180 g/mol. The average Bonchev–Trinajstić information content (AvgIpc) is 2.67. The Balaban J connectivity index is 2.13. The summed E-state index contributed by atoms with van der Waals surface area (Å²) in [4.78, 5) is 0. The van der Waals surface area contributed by atoms with Crippen LogP contribution >= 0.6 is 0 Å². The zero-order chi connectivity index (χ0) is 9.10. The van der Waals surface area contributed by atoms with E-state index in [1.54, 1.807) is 6.20 Å². The molecule has 72 valence electrons. The van der Waals surface area contributed by atoms with Crippen LogP contribution in [0.1, 0.15) is 43.8 Å². The molecule has 0 saturated heterocycles. The summed E-state index contributed by atoms with van der Waals surface area (Å²) < 4.78 is 2.01. The zero-order valence-corrected chi connectivity index (χ0v) is 7.82. The number of hydrogen-bond acceptors (Lipinski definition) is 3. The number of hydrogen-bond donors (Lipinski definition) is 1. The van der Waals surface area contributed by atoms with Crippen LogP contribution in [0.25, 0.3) is 0 Å². The van der Waals surface area contributed by atoms with E-state index in [2.05, 4.69) is 10.3 Å². The van der Waals surface area contributed by atoms with E-state index < -0.39 is 0 Å². The van der Waals surface area contributed by atoms with Crippen LogP contribution in [0.4, 0.5) is 0 Å². The smallest absolute Gasteiger partial charge is 0.0738 e. The third kappa shape index (κ3) is 1.72. The molecule has 0 spiro atoms. The lowest BCUT2D eigenvalue weighted by Gasteiger charge is -2.22. The maximum atomic E-state index is 5.60. The van der Waals surface area contributed by atoms with Gasteiger partial charge >= 0.3 is 0 Å². The first-order valence-corrected chi connectivity index (χ1v) is 5.01. The van der Waals surface area contributed by atoms with E-state index in [9.17, 15) is 0 Å². The Morgan fingerprint density at radius 3 is 2.85 bits per heavy atom. The molecule has 2 N–H and O–H groups in total. The van der Waals surface area contributed by atoms with Crippen molar-refractivity contribution in [3.05, 3.63) is 11.9 Å². The summed E-state index contributed by atoms with van der Waals surface area (Å²) in [7, 11) is 0. The second-order valence-electron chi connectivity index (χ2n) is 3.67. The standard InChI is InChI=1S/C9H16N4/c10-6-9-7-11-12-13(9)8-4-2-1-3-5-8/h7-8H,1-6,10H2. The van der Waals surface area contributed by atoms with Crippen molar-refractivity contribution in [1.82, 2.24) is 15.0 Å². The number of nitrogens with two attached hydrogens (primary N) is 1. The van der Waals surface area contributed by atoms with E-state index in [1.807, 2.05) is 4.68 Å².